The fourth-order valence-electron chi connectivity index (χ4n) is 2.99. The lowest BCUT2D eigenvalue weighted by molar-refractivity contribution is -0.384. The molecule has 0 saturated heterocycles. The van der Waals surface area contributed by atoms with Crippen molar-refractivity contribution in [3.05, 3.63) is 95.5 Å². The van der Waals surface area contributed by atoms with Gasteiger partial charge < -0.3 is 14.8 Å². The molecule has 0 unspecified atom stereocenters. The molecule has 0 aromatic heterocycles. The van der Waals surface area contributed by atoms with E-state index in [2.05, 4.69) is 43.8 Å². The second-order valence-electron chi connectivity index (χ2n) is 7.11. The highest BCUT2D eigenvalue weighted by atomic mass is 127. The summed E-state index contributed by atoms with van der Waals surface area (Å²) in [5.41, 5.74) is 1.82. The maximum Gasteiger partial charge on any atom is 0.269 e. The van der Waals surface area contributed by atoms with E-state index in [9.17, 15) is 20.2 Å². The van der Waals surface area contributed by atoms with Gasteiger partial charge in [-0.15, -0.1) is 0 Å². The second-order valence-corrected chi connectivity index (χ2v) is 9.21. The highest BCUT2D eigenvalue weighted by Gasteiger charge is 2.15. The number of benzene rings is 3. The molecule has 0 heterocycles. The largest absolute Gasteiger partial charge is 0.490 e. The number of rotatable bonds is 9. The quantitative estimate of drug-likeness (QED) is 0.0934. The zero-order chi connectivity index (χ0) is 25.4. The van der Waals surface area contributed by atoms with E-state index in [0.29, 0.717) is 33.8 Å². The van der Waals surface area contributed by atoms with Crippen molar-refractivity contribution in [3.8, 4) is 17.6 Å². The molecule has 0 aliphatic rings. The van der Waals surface area contributed by atoms with Crippen molar-refractivity contribution in [1.29, 1.82) is 5.26 Å². The summed E-state index contributed by atoms with van der Waals surface area (Å²) >= 11 is 5.64. The number of carbonyl (C=O) groups is 1. The molecule has 0 aliphatic heterocycles. The third-order valence-electron chi connectivity index (χ3n) is 4.64. The highest BCUT2D eigenvalue weighted by molar-refractivity contribution is 14.1. The fourth-order valence-corrected chi connectivity index (χ4v) is 3.92. The van der Waals surface area contributed by atoms with Gasteiger partial charge in [-0.3, -0.25) is 14.9 Å². The molecule has 0 aliphatic carbocycles. The number of nitrogens with one attached hydrogen (secondary N) is 1. The number of amides is 1. The molecule has 0 radical (unpaired) electrons. The molecule has 0 atom stereocenters. The van der Waals surface area contributed by atoms with Crippen molar-refractivity contribution in [2.24, 2.45) is 0 Å². The van der Waals surface area contributed by atoms with E-state index in [0.717, 1.165) is 9.13 Å². The number of nitro benzene ring substituents is 1. The van der Waals surface area contributed by atoms with Crippen molar-refractivity contribution in [1.82, 2.24) is 0 Å². The minimum Gasteiger partial charge on any atom is -0.490 e. The van der Waals surface area contributed by atoms with Gasteiger partial charge in [0.1, 0.15) is 18.2 Å². The number of nitrogens with zero attached hydrogens (tertiary/aromatic N) is 2. The number of halogens is 2. The molecule has 178 valence electrons. The lowest BCUT2D eigenvalue weighted by Crippen LogP contribution is -2.13. The first-order chi connectivity index (χ1) is 16.8. The Bertz CT molecular complexity index is 1300. The van der Waals surface area contributed by atoms with Gasteiger partial charge in [-0.2, -0.15) is 5.26 Å². The van der Waals surface area contributed by atoms with Crippen LogP contribution in [0, 0.1) is 25.0 Å². The number of hydrogen-bond donors (Lipinski definition) is 1. The Labute approximate surface area is 224 Å². The summed E-state index contributed by atoms with van der Waals surface area (Å²) in [5, 5.41) is 23.1. The summed E-state index contributed by atoms with van der Waals surface area (Å²) in [5.74, 6) is 0.329. The minimum atomic E-state index is -0.527. The van der Waals surface area contributed by atoms with Gasteiger partial charge >= 0.3 is 0 Å². The van der Waals surface area contributed by atoms with Crippen LogP contribution in [-0.2, 0) is 11.4 Å². The van der Waals surface area contributed by atoms with Gasteiger partial charge in [-0.1, -0.05) is 0 Å². The number of hydrogen-bond acceptors (Lipinski definition) is 6. The molecule has 3 aromatic rings. The topological polar surface area (TPSA) is 114 Å². The summed E-state index contributed by atoms with van der Waals surface area (Å²) in [6, 6.07) is 18.6. The van der Waals surface area contributed by atoms with Crippen LogP contribution >= 0.6 is 38.5 Å². The Morgan fingerprint density at radius 2 is 1.86 bits per heavy atom. The van der Waals surface area contributed by atoms with Crippen LogP contribution in [0.2, 0.25) is 0 Å². The van der Waals surface area contributed by atoms with E-state index < -0.39 is 10.8 Å². The minimum absolute atomic E-state index is 0.000397. The van der Waals surface area contributed by atoms with Gasteiger partial charge in [0.05, 0.1) is 16.0 Å². The maximum atomic E-state index is 12.6. The van der Waals surface area contributed by atoms with Gasteiger partial charge in [0.25, 0.3) is 11.6 Å². The molecule has 1 amide bonds. The Hall–Kier alpha value is -3.43. The maximum absolute atomic E-state index is 12.6. The van der Waals surface area contributed by atoms with Gasteiger partial charge in [0.15, 0.2) is 11.5 Å². The predicted molar refractivity (Wildman–Crippen MR) is 144 cm³/mol. The number of nitriles is 1. The molecule has 8 nitrogen and oxygen atoms in total. The molecule has 3 aromatic carbocycles. The summed E-state index contributed by atoms with van der Waals surface area (Å²) in [6.45, 7) is 2.35. The number of nitro groups is 1. The van der Waals surface area contributed by atoms with E-state index in [1.165, 1.54) is 18.2 Å². The van der Waals surface area contributed by atoms with Crippen LogP contribution in [0.3, 0.4) is 0 Å². The SMILES string of the molecule is CCOc1cc(/C=C(\C#N)C(=O)Nc2ccc(I)cc2)cc(Br)c1OCc1ccc([N+](=O)[O-])cc1. The first-order valence-corrected chi connectivity index (χ1v) is 12.2. The van der Waals surface area contributed by atoms with E-state index in [1.807, 2.05) is 25.1 Å². The van der Waals surface area contributed by atoms with Gasteiger partial charge in [-0.05, 0) is 111 Å². The average Bonchev–Trinajstić information content (AvgIpc) is 2.83. The smallest absolute Gasteiger partial charge is 0.269 e. The van der Waals surface area contributed by atoms with Crippen LogP contribution in [0.15, 0.2) is 70.7 Å². The van der Waals surface area contributed by atoms with Crippen molar-refractivity contribution in [2.45, 2.75) is 13.5 Å². The molecule has 10 heteroatoms. The van der Waals surface area contributed by atoms with Crippen LogP contribution in [-0.4, -0.2) is 17.4 Å². The molecule has 35 heavy (non-hydrogen) atoms. The summed E-state index contributed by atoms with van der Waals surface area (Å²) in [7, 11) is 0. The van der Waals surface area contributed by atoms with Crippen molar-refractivity contribution in [3.63, 3.8) is 0 Å². The fraction of sp³-hybridized carbons (Fsp3) is 0.120. The number of ether oxygens (including phenoxy) is 2. The molecule has 0 bridgehead atoms. The van der Waals surface area contributed by atoms with Gasteiger partial charge in [-0.25, -0.2) is 0 Å². The number of anilines is 1. The monoisotopic (exact) mass is 647 g/mol. The van der Waals surface area contributed by atoms with E-state index in [1.54, 1.807) is 36.4 Å². The Morgan fingerprint density at radius 3 is 2.46 bits per heavy atom. The molecule has 3 rings (SSSR count). The second kappa shape index (κ2) is 12.3. The third kappa shape index (κ3) is 7.27. The van der Waals surface area contributed by atoms with Crippen molar-refractivity contribution < 1.29 is 19.2 Å². The molecule has 0 fully saturated rings. The molecule has 0 saturated carbocycles. The van der Waals surface area contributed by atoms with Crippen LogP contribution < -0.4 is 14.8 Å². The van der Waals surface area contributed by atoms with Crippen LogP contribution in [0.25, 0.3) is 6.08 Å². The lowest BCUT2D eigenvalue weighted by atomic mass is 10.1. The number of non-ortho nitro benzene ring substituents is 1. The van der Waals surface area contributed by atoms with Gasteiger partial charge in [0, 0.05) is 21.4 Å². The predicted octanol–water partition coefficient (Wildman–Crippen LogP) is 6.49. The summed E-state index contributed by atoms with van der Waals surface area (Å²) in [4.78, 5) is 23.0. The first-order valence-electron chi connectivity index (χ1n) is 10.3. The number of carbonyl (C=O) groups excluding carboxylic acids is 1. The van der Waals surface area contributed by atoms with Crippen LogP contribution in [0.1, 0.15) is 18.1 Å². The lowest BCUT2D eigenvalue weighted by Gasteiger charge is -2.15. The molecule has 0 spiro atoms. The Kier molecular flexibility index (Phi) is 9.22. The molecular formula is C25H19BrIN3O5. The Balaban J connectivity index is 1.81. The standard InChI is InChI=1S/C25H19BrIN3O5/c1-2-34-23-13-17(11-18(14-28)25(31)29-20-7-5-19(27)6-8-20)12-22(26)24(23)35-15-16-3-9-21(10-4-16)30(32)33/h3-13H,2,15H2,1H3,(H,29,31)/b18-11+. The normalized spacial score (nSPS) is 10.9. The third-order valence-corrected chi connectivity index (χ3v) is 5.95. The van der Waals surface area contributed by atoms with Crippen LogP contribution in [0.4, 0.5) is 11.4 Å². The van der Waals surface area contributed by atoms with E-state index in [4.69, 9.17) is 9.47 Å². The molecular weight excluding hydrogens is 629 g/mol. The summed E-state index contributed by atoms with van der Waals surface area (Å²) in [6.07, 6.45) is 1.47. The van der Waals surface area contributed by atoms with Crippen LogP contribution in [0.5, 0.6) is 11.5 Å². The average molecular weight is 648 g/mol. The van der Waals surface area contributed by atoms with Gasteiger partial charge in [0.2, 0.25) is 0 Å². The zero-order valence-corrected chi connectivity index (χ0v) is 22.2. The van der Waals surface area contributed by atoms with E-state index in [-0.39, 0.29) is 17.9 Å². The van der Waals surface area contributed by atoms with Crippen molar-refractivity contribution >= 4 is 61.9 Å². The zero-order valence-electron chi connectivity index (χ0n) is 18.5. The van der Waals surface area contributed by atoms with E-state index >= 15 is 0 Å². The highest BCUT2D eigenvalue weighted by Crippen LogP contribution is 2.38. The summed E-state index contributed by atoms with van der Waals surface area (Å²) < 4.78 is 13.2. The first kappa shape index (κ1) is 26.2. The molecule has 1 N–H and O–H groups in total. The Morgan fingerprint density at radius 1 is 1.17 bits per heavy atom. The van der Waals surface area contributed by atoms with Crippen molar-refractivity contribution in [2.75, 3.05) is 11.9 Å².